The molecule has 0 aromatic carbocycles. The standard InChI is InChI=1S/C10H12BrNOS/c1-7(12(2)3)6-9(13)10-8(11)4-5-14-10/h4-6H,1-3H3. The number of allylic oxidation sites excluding steroid dienone is 2. The minimum Gasteiger partial charge on any atom is -0.381 e. The molecule has 1 aromatic rings. The second-order valence-electron chi connectivity index (χ2n) is 3.14. The first-order valence-corrected chi connectivity index (χ1v) is 5.82. The molecule has 0 radical (unpaired) electrons. The summed E-state index contributed by atoms with van der Waals surface area (Å²) in [4.78, 5) is 14.4. The van der Waals surface area contributed by atoms with Crippen molar-refractivity contribution in [2.45, 2.75) is 6.92 Å². The van der Waals surface area contributed by atoms with Crippen LogP contribution in [0.3, 0.4) is 0 Å². The van der Waals surface area contributed by atoms with Gasteiger partial charge in [0.05, 0.1) is 4.88 Å². The maximum Gasteiger partial charge on any atom is 0.198 e. The van der Waals surface area contributed by atoms with Gasteiger partial charge in [-0.3, -0.25) is 4.79 Å². The molecule has 0 bridgehead atoms. The number of nitrogens with zero attached hydrogens (tertiary/aromatic N) is 1. The molecule has 0 aliphatic rings. The van der Waals surface area contributed by atoms with Crippen molar-refractivity contribution in [3.8, 4) is 0 Å². The van der Waals surface area contributed by atoms with Gasteiger partial charge in [0.25, 0.3) is 0 Å². The Hall–Kier alpha value is -0.610. The van der Waals surface area contributed by atoms with Crippen LogP contribution in [0.15, 0.2) is 27.7 Å². The van der Waals surface area contributed by atoms with E-state index in [1.54, 1.807) is 6.08 Å². The van der Waals surface area contributed by atoms with E-state index in [0.29, 0.717) is 0 Å². The van der Waals surface area contributed by atoms with Crippen LogP contribution in [0.4, 0.5) is 0 Å². The highest BCUT2D eigenvalue weighted by atomic mass is 79.9. The number of hydrogen-bond acceptors (Lipinski definition) is 3. The molecule has 4 heteroatoms. The molecule has 0 saturated carbocycles. The summed E-state index contributed by atoms with van der Waals surface area (Å²) in [6.07, 6.45) is 1.65. The number of thiophene rings is 1. The van der Waals surface area contributed by atoms with Crippen LogP contribution in [-0.2, 0) is 0 Å². The average Bonchev–Trinajstić information content (AvgIpc) is 2.51. The maximum atomic E-state index is 11.7. The number of rotatable bonds is 3. The lowest BCUT2D eigenvalue weighted by Gasteiger charge is -2.11. The monoisotopic (exact) mass is 273 g/mol. The molecule has 0 fully saturated rings. The Morgan fingerprint density at radius 1 is 1.57 bits per heavy atom. The fraction of sp³-hybridized carbons (Fsp3) is 0.300. The predicted molar refractivity (Wildman–Crippen MR) is 63.8 cm³/mol. The number of halogens is 1. The Labute approximate surface area is 96.4 Å². The SMILES string of the molecule is CC(=CC(=O)c1sccc1Br)N(C)C. The third-order valence-electron chi connectivity index (χ3n) is 1.89. The fourth-order valence-electron chi connectivity index (χ4n) is 0.854. The van der Waals surface area contributed by atoms with Gasteiger partial charge in [0.15, 0.2) is 5.78 Å². The topological polar surface area (TPSA) is 20.3 Å². The number of hydrogen-bond donors (Lipinski definition) is 0. The van der Waals surface area contributed by atoms with E-state index in [1.165, 1.54) is 11.3 Å². The van der Waals surface area contributed by atoms with E-state index >= 15 is 0 Å². The van der Waals surface area contributed by atoms with Crippen molar-refractivity contribution in [2.24, 2.45) is 0 Å². The van der Waals surface area contributed by atoms with Crippen LogP contribution in [-0.4, -0.2) is 24.8 Å². The molecular weight excluding hydrogens is 262 g/mol. The molecule has 0 spiro atoms. The minimum absolute atomic E-state index is 0.0538. The lowest BCUT2D eigenvalue weighted by atomic mass is 10.2. The number of ketones is 1. The van der Waals surface area contributed by atoms with Crippen LogP contribution in [0.5, 0.6) is 0 Å². The third-order valence-corrected chi connectivity index (χ3v) is 3.74. The molecule has 0 aliphatic heterocycles. The summed E-state index contributed by atoms with van der Waals surface area (Å²) in [7, 11) is 3.84. The summed E-state index contributed by atoms with van der Waals surface area (Å²) < 4.78 is 0.871. The Morgan fingerprint density at radius 2 is 2.21 bits per heavy atom. The molecule has 76 valence electrons. The zero-order chi connectivity index (χ0) is 10.7. The highest BCUT2D eigenvalue weighted by Crippen LogP contribution is 2.23. The molecule has 0 aliphatic carbocycles. The van der Waals surface area contributed by atoms with Gasteiger partial charge in [-0.15, -0.1) is 11.3 Å². The summed E-state index contributed by atoms with van der Waals surface area (Å²) in [5.74, 6) is 0.0538. The van der Waals surface area contributed by atoms with E-state index in [-0.39, 0.29) is 5.78 Å². The molecule has 0 unspecified atom stereocenters. The summed E-state index contributed by atoms with van der Waals surface area (Å²) in [6.45, 7) is 1.92. The normalized spacial score (nSPS) is 11.6. The molecule has 1 heterocycles. The second kappa shape index (κ2) is 4.75. The second-order valence-corrected chi connectivity index (χ2v) is 4.91. The smallest absolute Gasteiger partial charge is 0.198 e. The van der Waals surface area contributed by atoms with Crippen LogP contribution in [0, 0.1) is 0 Å². The van der Waals surface area contributed by atoms with Crippen LogP contribution >= 0.6 is 27.3 Å². The Kier molecular flexibility index (Phi) is 3.89. The van der Waals surface area contributed by atoms with Crippen molar-refractivity contribution in [3.05, 3.63) is 32.6 Å². The van der Waals surface area contributed by atoms with E-state index in [2.05, 4.69) is 15.9 Å². The lowest BCUT2D eigenvalue weighted by molar-refractivity contribution is 0.104. The lowest BCUT2D eigenvalue weighted by Crippen LogP contribution is -2.09. The minimum atomic E-state index is 0.0538. The van der Waals surface area contributed by atoms with Gasteiger partial charge in [-0.1, -0.05) is 0 Å². The first kappa shape index (κ1) is 11.5. The van der Waals surface area contributed by atoms with E-state index < -0.39 is 0 Å². The van der Waals surface area contributed by atoms with Crippen molar-refractivity contribution in [2.75, 3.05) is 14.1 Å². The van der Waals surface area contributed by atoms with Gasteiger partial charge in [-0.05, 0) is 34.3 Å². The molecule has 0 N–H and O–H groups in total. The Morgan fingerprint density at radius 3 is 2.64 bits per heavy atom. The molecule has 14 heavy (non-hydrogen) atoms. The van der Waals surface area contributed by atoms with Gasteiger partial charge in [-0.25, -0.2) is 0 Å². The predicted octanol–water partition coefficient (Wildman–Crippen LogP) is 3.16. The van der Waals surface area contributed by atoms with Crippen LogP contribution in [0.1, 0.15) is 16.6 Å². The van der Waals surface area contributed by atoms with Crippen LogP contribution in [0.25, 0.3) is 0 Å². The molecule has 1 aromatic heterocycles. The van der Waals surface area contributed by atoms with E-state index in [9.17, 15) is 4.79 Å². The summed E-state index contributed by atoms with van der Waals surface area (Å²) in [5.41, 5.74) is 0.954. The van der Waals surface area contributed by atoms with Gasteiger partial charge in [0.1, 0.15) is 0 Å². The first-order chi connectivity index (χ1) is 6.52. The summed E-state index contributed by atoms with van der Waals surface area (Å²) >= 11 is 4.79. The summed E-state index contributed by atoms with van der Waals surface area (Å²) in [5, 5.41) is 1.90. The van der Waals surface area contributed by atoms with Crippen molar-refractivity contribution in [1.82, 2.24) is 4.90 Å². The molecule has 0 atom stereocenters. The molecule has 1 rings (SSSR count). The van der Waals surface area contributed by atoms with Gasteiger partial charge >= 0.3 is 0 Å². The van der Waals surface area contributed by atoms with Crippen molar-refractivity contribution in [1.29, 1.82) is 0 Å². The highest BCUT2D eigenvalue weighted by Gasteiger charge is 2.09. The van der Waals surface area contributed by atoms with Gasteiger partial charge < -0.3 is 4.90 Å². The van der Waals surface area contributed by atoms with Gasteiger partial charge in [0, 0.05) is 30.3 Å². The zero-order valence-electron chi connectivity index (χ0n) is 8.37. The number of carbonyl (C=O) groups excluding carboxylic acids is 1. The summed E-state index contributed by atoms with van der Waals surface area (Å²) in [6, 6.07) is 1.89. The third kappa shape index (κ3) is 2.69. The largest absolute Gasteiger partial charge is 0.381 e. The maximum absolute atomic E-state index is 11.7. The van der Waals surface area contributed by atoms with Crippen molar-refractivity contribution >= 4 is 33.0 Å². The quantitative estimate of drug-likeness (QED) is 0.623. The molecule has 0 amide bonds. The molecule has 2 nitrogen and oxygen atoms in total. The van der Waals surface area contributed by atoms with E-state index in [1.807, 2.05) is 37.4 Å². The van der Waals surface area contributed by atoms with Gasteiger partial charge in [-0.2, -0.15) is 0 Å². The Balaban J connectivity index is 2.88. The van der Waals surface area contributed by atoms with Crippen molar-refractivity contribution < 1.29 is 4.79 Å². The first-order valence-electron chi connectivity index (χ1n) is 4.15. The van der Waals surface area contributed by atoms with Crippen LogP contribution < -0.4 is 0 Å². The average molecular weight is 274 g/mol. The van der Waals surface area contributed by atoms with Crippen molar-refractivity contribution in [3.63, 3.8) is 0 Å². The molecular formula is C10H12BrNOS. The fourth-order valence-corrected chi connectivity index (χ4v) is 2.33. The Bertz CT molecular complexity index is 368. The molecule has 0 saturated heterocycles. The number of carbonyl (C=O) groups is 1. The highest BCUT2D eigenvalue weighted by molar-refractivity contribution is 9.10. The van der Waals surface area contributed by atoms with Crippen LogP contribution in [0.2, 0.25) is 0 Å². The van der Waals surface area contributed by atoms with Gasteiger partial charge in [0.2, 0.25) is 0 Å². The zero-order valence-corrected chi connectivity index (χ0v) is 10.8. The van der Waals surface area contributed by atoms with E-state index in [0.717, 1.165) is 15.0 Å². The van der Waals surface area contributed by atoms with E-state index in [4.69, 9.17) is 0 Å².